The summed E-state index contributed by atoms with van der Waals surface area (Å²) in [7, 11) is 0. The molecule has 12 heteroatoms. The summed E-state index contributed by atoms with van der Waals surface area (Å²) in [5.41, 5.74) is 3.06. The minimum absolute atomic E-state index is 0.0977. The average Bonchev–Trinajstić information content (AvgIpc) is 3.76. The lowest BCUT2D eigenvalue weighted by Gasteiger charge is -2.32. The molecular formula is C46H60N6O6. The van der Waals surface area contributed by atoms with Crippen LogP contribution in [-0.2, 0) is 27.4 Å². The summed E-state index contributed by atoms with van der Waals surface area (Å²) in [4.78, 5) is 58.4. The van der Waals surface area contributed by atoms with Crippen LogP contribution >= 0.6 is 0 Å². The molecule has 2 heterocycles. The minimum atomic E-state index is -0.678. The number of nitrogens with one attached hydrogen (secondary N) is 3. The van der Waals surface area contributed by atoms with Gasteiger partial charge in [-0.2, -0.15) is 0 Å². The van der Waals surface area contributed by atoms with Gasteiger partial charge in [-0.05, 0) is 128 Å². The van der Waals surface area contributed by atoms with Crippen molar-refractivity contribution in [3.63, 3.8) is 0 Å². The second-order valence-electron chi connectivity index (χ2n) is 17.0. The maximum atomic E-state index is 13.5. The molecule has 2 aliphatic rings. The molecule has 0 spiro atoms. The van der Waals surface area contributed by atoms with Gasteiger partial charge in [0.2, 0.25) is 5.91 Å². The number of nitrogens with zero attached hydrogens (tertiary/aromatic N) is 3. The molecule has 5 rings (SSSR count). The summed E-state index contributed by atoms with van der Waals surface area (Å²) in [5.74, 6) is -0.245. The van der Waals surface area contributed by atoms with E-state index in [1.54, 1.807) is 22.0 Å². The highest BCUT2D eigenvalue weighted by Gasteiger charge is 2.43. The maximum absolute atomic E-state index is 13.5. The van der Waals surface area contributed by atoms with Crippen molar-refractivity contribution in [1.29, 1.82) is 0 Å². The van der Waals surface area contributed by atoms with Crippen LogP contribution in [0.3, 0.4) is 0 Å². The lowest BCUT2D eigenvalue weighted by atomic mass is 10.1. The van der Waals surface area contributed by atoms with Gasteiger partial charge in [-0.3, -0.25) is 14.6 Å². The Morgan fingerprint density at radius 1 is 0.672 bits per heavy atom. The largest absolute Gasteiger partial charge is 0.444 e. The highest BCUT2D eigenvalue weighted by Crippen LogP contribution is 2.31. The van der Waals surface area contributed by atoms with Gasteiger partial charge in [0.25, 0.3) is 0 Å². The molecule has 0 radical (unpaired) electrons. The highest BCUT2D eigenvalue weighted by atomic mass is 16.6. The molecule has 0 aromatic heterocycles. The van der Waals surface area contributed by atoms with Crippen molar-refractivity contribution in [3.05, 3.63) is 115 Å². The number of urea groups is 1. The number of para-hydroxylation sites is 1. The number of carbonyl (C=O) groups excluding carboxylic acids is 4. The number of ether oxygens (including phenoxy) is 2. The second kappa shape index (κ2) is 19.1. The third kappa shape index (κ3) is 12.1. The smallest absolute Gasteiger partial charge is 0.412 e. The number of likely N-dealkylation sites (tertiary alicyclic amines) is 2. The van der Waals surface area contributed by atoms with Crippen molar-refractivity contribution in [3.8, 4) is 0 Å². The SMILES string of the molecule is C=CC[C@H]1CC[C@@H](NC(=O)Nc2ccc(CN(Cc3ccc(NC(=O)[C@@H]4CC[C@H](CC=C)N4C(=O)OC(C)(C)C)cc3)c3ccccc3)cc2)N1C(=O)OC(C)(C)C. The zero-order valence-electron chi connectivity index (χ0n) is 34.8. The fourth-order valence-corrected chi connectivity index (χ4v) is 7.44. The van der Waals surface area contributed by atoms with Crippen molar-refractivity contribution in [1.82, 2.24) is 15.1 Å². The van der Waals surface area contributed by atoms with Gasteiger partial charge in [0.1, 0.15) is 23.4 Å². The molecule has 310 valence electrons. The molecule has 3 aromatic rings. The van der Waals surface area contributed by atoms with Crippen molar-refractivity contribution in [2.75, 3.05) is 15.5 Å². The van der Waals surface area contributed by atoms with E-state index in [1.165, 1.54) is 0 Å². The van der Waals surface area contributed by atoms with E-state index in [9.17, 15) is 19.2 Å². The van der Waals surface area contributed by atoms with E-state index in [-0.39, 0.29) is 18.0 Å². The van der Waals surface area contributed by atoms with Gasteiger partial charge in [-0.25, -0.2) is 14.4 Å². The Morgan fingerprint density at radius 3 is 1.67 bits per heavy atom. The highest BCUT2D eigenvalue weighted by molar-refractivity contribution is 5.97. The number of rotatable bonds is 13. The van der Waals surface area contributed by atoms with E-state index >= 15 is 0 Å². The molecule has 2 aliphatic heterocycles. The maximum Gasteiger partial charge on any atom is 0.412 e. The summed E-state index contributed by atoms with van der Waals surface area (Å²) in [5, 5.41) is 8.89. The molecule has 12 nitrogen and oxygen atoms in total. The molecule has 0 aliphatic carbocycles. The quantitative estimate of drug-likeness (QED) is 0.147. The number of amides is 5. The first-order valence-corrected chi connectivity index (χ1v) is 20.1. The Kier molecular flexibility index (Phi) is 14.3. The first-order valence-electron chi connectivity index (χ1n) is 20.1. The van der Waals surface area contributed by atoms with Crippen LogP contribution in [0.4, 0.5) is 31.4 Å². The number of carbonyl (C=O) groups is 4. The number of anilines is 3. The molecule has 3 N–H and O–H groups in total. The monoisotopic (exact) mass is 792 g/mol. The lowest BCUT2D eigenvalue weighted by Crippen LogP contribution is -2.52. The Morgan fingerprint density at radius 2 is 1.16 bits per heavy atom. The van der Waals surface area contributed by atoms with E-state index in [1.807, 2.05) is 108 Å². The number of benzene rings is 3. The summed E-state index contributed by atoms with van der Waals surface area (Å²) in [6, 6.07) is 24.3. The number of hydrogen-bond donors (Lipinski definition) is 3. The Labute approximate surface area is 343 Å². The molecule has 0 bridgehead atoms. The molecule has 2 fully saturated rings. The van der Waals surface area contributed by atoms with Gasteiger partial charge >= 0.3 is 18.2 Å². The molecule has 3 aromatic carbocycles. The van der Waals surface area contributed by atoms with E-state index in [4.69, 9.17) is 9.47 Å². The van der Waals surface area contributed by atoms with Crippen molar-refractivity contribution in [2.45, 2.75) is 129 Å². The van der Waals surface area contributed by atoms with Crippen LogP contribution in [0.1, 0.15) is 91.2 Å². The van der Waals surface area contributed by atoms with E-state index in [0.29, 0.717) is 56.6 Å². The van der Waals surface area contributed by atoms with Gasteiger partial charge in [0.15, 0.2) is 0 Å². The molecule has 0 saturated carbocycles. The summed E-state index contributed by atoms with van der Waals surface area (Å²) >= 11 is 0. The third-order valence-corrected chi connectivity index (χ3v) is 9.99. The van der Waals surface area contributed by atoms with Crippen molar-refractivity contribution in [2.24, 2.45) is 0 Å². The summed E-state index contributed by atoms with van der Waals surface area (Å²) in [6.45, 7) is 19.8. The molecule has 5 amide bonds. The fraction of sp³-hybridized carbons (Fsp3) is 0.435. The predicted molar refractivity (Wildman–Crippen MR) is 229 cm³/mol. The zero-order chi connectivity index (χ0) is 42.0. The first kappa shape index (κ1) is 43.3. The normalized spacial score (nSPS) is 19.2. The van der Waals surface area contributed by atoms with Crippen LogP contribution in [0.5, 0.6) is 0 Å². The van der Waals surface area contributed by atoms with Gasteiger partial charge in [0, 0.05) is 42.2 Å². The van der Waals surface area contributed by atoms with Gasteiger partial charge in [-0.1, -0.05) is 54.6 Å². The Hall–Kier alpha value is -5.78. The predicted octanol–water partition coefficient (Wildman–Crippen LogP) is 9.60. The van der Waals surface area contributed by atoms with Crippen molar-refractivity contribution < 1.29 is 28.7 Å². The van der Waals surface area contributed by atoms with Crippen LogP contribution in [0.25, 0.3) is 0 Å². The van der Waals surface area contributed by atoms with E-state index in [2.05, 4.69) is 46.1 Å². The summed E-state index contributed by atoms with van der Waals surface area (Å²) in [6.07, 6.45) is 5.89. The standard InChI is InChI=1S/C46H60N6O6/c1-9-14-37-26-28-39(51(37)43(55)57-45(3,4)5)41(53)47-34-22-18-32(19-23-34)30-50(36-16-12-11-13-17-36)31-33-20-24-35(25-21-33)48-42(54)49-40-29-27-38(15-10-2)52(40)44(56)58-46(6,7)8/h9-13,16-25,37-40H,1-2,14-15,26-31H2,3-8H3,(H,47,53)(H2,48,49,54)/t37-,38-,39-,40-/m0/s1. The molecule has 4 atom stereocenters. The second-order valence-corrected chi connectivity index (χ2v) is 17.0. The van der Waals surface area contributed by atoms with Crippen LogP contribution in [0.2, 0.25) is 0 Å². The molecule has 0 unspecified atom stereocenters. The van der Waals surface area contributed by atoms with Gasteiger partial charge in [-0.15, -0.1) is 13.2 Å². The molecule has 58 heavy (non-hydrogen) atoms. The summed E-state index contributed by atoms with van der Waals surface area (Å²) < 4.78 is 11.3. The van der Waals surface area contributed by atoms with Gasteiger partial charge in [0.05, 0.1) is 0 Å². The number of hydrogen-bond acceptors (Lipinski definition) is 7. The van der Waals surface area contributed by atoms with Crippen LogP contribution in [0.15, 0.2) is 104 Å². The average molecular weight is 793 g/mol. The van der Waals surface area contributed by atoms with Crippen LogP contribution < -0.4 is 20.9 Å². The van der Waals surface area contributed by atoms with E-state index in [0.717, 1.165) is 23.2 Å². The molecular weight excluding hydrogens is 733 g/mol. The topological polar surface area (TPSA) is 133 Å². The van der Waals surface area contributed by atoms with Gasteiger partial charge < -0.3 is 30.3 Å². The van der Waals surface area contributed by atoms with Crippen LogP contribution in [-0.4, -0.2) is 69.4 Å². The van der Waals surface area contributed by atoms with Crippen molar-refractivity contribution >= 4 is 41.2 Å². The van der Waals surface area contributed by atoms with Crippen LogP contribution in [0, 0.1) is 0 Å². The zero-order valence-corrected chi connectivity index (χ0v) is 34.8. The molecule has 2 saturated heterocycles. The third-order valence-electron chi connectivity index (χ3n) is 9.99. The Balaban J connectivity index is 1.20. The Bertz CT molecular complexity index is 1890. The minimum Gasteiger partial charge on any atom is -0.444 e. The van der Waals surface area contributed by atoms with E-state index < -0.39 is 41.6 Å². The lowest BCUT2D eigenvalue weighted by molar-refractivity contribution is -0.120. The first-order chi connectivity index (χ1) is 27.5. The fourth-order valence-electron chi connectivity index (χ4n) is 7.44.